The van der Waals surface area contributed by atoms with E-state index in [1.54, 1.807) is 0 Å². The summed E-state index contributed by atoms with van der Waals surface area (Å²) in [6.07, 6.45) is 1.84. The summed E-state index contributed by atoms with van der Waals surface area (Å²) in [7, 11) is 0. The Bertz CT molecular complexity index is 772. The first-order valence-electron chi connectivity index (χ1n) is 6.85. The minimum absolute atomic E-state index is 0.236. The Kier molecular flexibility index (Phi) is 2.53. The molecule has 0 radical (unpaired) electrons. The van der Waals surface area contributed by atoms with Gasteiger partial charge in [0.15, 0.2) is 5.82 Å². The van der Waals surface area contributed by atoms with Crippen molar-refractivity contribution < 1.29 is 0 Å². The molecule has 1 aromatic carbocycles. The van der Waals surface area contributed by atoms with Gasteiger partial charge < -0.3 is 9.88 Å². The first-order chi connectivity index (χ1) is 9.84. The molecule has 2 aromatic heterocycles. The summed E-state index contributed by atoms with van der Waals surface area (Å²) in [5.41, 5.74) is 0.913. The average molecular weight is 265 g/mol. The van der Waals surface area contributed by atoms with E-state index in [1.165, 1.54) is 5.39 Å². The summed E-state index contributed by atoms with van der Waals surface area (Å²) in [5, 5.41) is 14.4. The Morgan fingerprint density at radius 1 is 1.20 bits per heavy atom. The predicted octanol–water partition coefficient (Wildman–Crippen LogP) is 2.16. The second-order valence-electron chi connectivity index (χ2n) is 5.09. The van der Waals surface area contributed by atoms with Crippen LogP contribution in [0.25, 0.3) is 22.3 Å². The van der Waals surface area contributed by atoms with E-state index in [-0.39, 0.29) is 6.04 Å². The highest BCUT2D eigenvalue weighted by Gasteiger charge is 2.23. The van der Waals surface area contributed by atoms with Gasteiger partial charge in [0.1, 0.15) is 11.5 Å². The molecule has 1 unspecified atom stereocenters. The average Bonchev–Trinajstić information content (AvgIpc) is 2.92. The molecule has 1 aliphatic heterocycles. The molecular weight excluding hydrogens is 250 g/mol. The Morgan fingerprint density at radius 2 is 2.10 bits per heavy atom. The maximum Gasteiger partial charge on any atom is 0.183 e. The van der Waals surface area contributed by atoms with Gasteiger partial charge in [0.2, 0.25) is 0 Å². The van der Waals surface area contributed by atoms with E-state index in [2.05, 4.69) is 44.1 Å². The molecule has 0 aliphatic carbocycles. The quantitative estimate of drug-likeness (QED) is 0.732. The fourth-order valence-corrected chi connectivity index (χ4v) is 2.81. The van der Waals surface area contributed by atoms with E-state index >= 15 is 0 Å². The van der Waals surface area contributed by atoms with Crippen molar-refractivity contribution in [3.63, 3.8) is 0 Å². The molecule has 1 atom stereocenters. The van der Waals surface area contributed by atoms with E-state index in [4.69, 9.17) is 0 Å². The van der Waals surface area contributed by atoms with Gasteiger partial charge in [-0.2, -0.15) is 0 Å². The zero-order valence-electron chi connectivity index (χ0n) is 11.2. The molecule has 0 spiro atoms. The standard InChI is InChI=1S/C15H15N5/c1-10-14-18-19-15(20(14)9-8-16-10)13-12-5-3-2-4-11(12)6-7-17-13/h2-7,10,16H,8-9H2,1H3. The Balaban J connectivity index is 1.96. The second kappa shape index (κ2) is 4.38. The summed E-state index contributed by atoms with van der Waals surface area (Å²) in [6.45, 7) is 3.93. The van der Waals surface area contributed by atoms with Crippen LogP contribution in [0, 0.1) is 0 Å². The molecule has 5 nitrogen and oxygen atoms in total. The third-order valence-electron chi connectivity index (χ3n) is 3.84. The van der Waals surface area contributed by atoms with Gasteiger partial charge in [0, 0.05) is 24.7 Å². The van der Waals surface area contributed by atoms with Gasteiger partial charge in [-0.05, 0) is 18.4 Å². The van der Waals surface area contributed by atoms with Gasteiger partial charge in [-0.15, -0.1) is 10.2 Å². The lowest BCUT2D eigenvalue weighted by Gasteiger charge is -2.21. The molecule has 0 saturated heterocycles. The van der Waals surface area contributed by atoms with Crippen LogP contribution >= 0.6 is 0 Å². The highest BCUT2D eigenvalue weighted by atomic mass is 15.3. The number of hydrogen-bond acceptors (Lipinski definition) is 4. The number of hydrogen-bond donors (Lipinski definition) is 1. The third-order valence-corrected chi connectivity index (χ3v) is 3.84. The van der Waals surface area contributed by atoms with Crippen LogP contribution in [0.1, 0.15) is 18.8 Å². The fraction of sp³-hybridized carbons (Fsp3) is 0.267. The molecule has 100 valence electrons. The lowest BCUT2D eigenvalue weighted by Crippen LogP contribution is -2.32. The Hall–Kier alpha value is -2.27. The van der Waals surface area contributed by atoms with Gasteiger partial charge in [0.25, 0.3) is 0 Å². The summed E-state index contributed by atoms with van der Waals surface area (Å²) in [5.74, 6) is 1.85. The van der Waals surface area contributed by atoms with E-state index in [1.807, 2.05) is 24.4 Å². The number of benzene rings is 1. The van der Waals surface area contributed by atoms with Crippen molar-refractivity contribution in [2.45, 2.75) is 19.5 Å². The lowest BCUT2D eigenvalue weighted by molar-refractivity contribution is 0.439. The van der Waals surface area contributed by atoms with E-state index < -0.39 is 0 Å². The van der Waals surface area contributed by atoms with Crippen LogP contribution in [0.3, 0.4) is 0 Å². The first kappa shape index (κ1) is 11.5. The maximum absolute atomic E-state index is 4.54. The van der Waals surface area contributed by atoms with Crippen molar-refractivity contribution in [1.82, 2.24) is 25.1 Å². The molecule has 1 aliphatic rings. The van der Waals surface area contributed by atoms with Gasteiger partial charge in [-0.3, -0.25) is 4.98 Å². The minimum Gasteiger partial charge on any atom is -0.307 e. The minimum atomic E-state index is 0.236. The molecule has 1 N–H and O–H groups in total. The number of pyridine rings is 1. The zero-order chi connectivity index (χ0) is 13.5. The van der Waals surface area contributed by atoms with Crippen molar-refractivity contribution >= 4 is 10.8 Å². The van der Waals surface area contributed by atoms with Crippen LogP contribution < -0.4 is 5.32 Å². The molecular formula is C15H15N5. The summed E-state index contributed by atoms with van der Waals surface area (Å²) < 4.78 is 2.18. The van der Waals surface area contributed by atoms with Crippen molar-refractivity contribution in [3.8, 4) is 11.5 Å². The van der Waals surface area contributed by atoms with Crippen LogP contribution in [0.4, 0.5) is 0 Å². The van der Waals surface area contributed by atoms with Gasteiger partial charge >= 0.3 is 0 Å². The summed E-state index contributed by atoms with van der Waals surface area (Å²) in [6, 6.07) is 10.5. The monoisotopic (exact) mass is 265 g/mol. The normalized spacial score (nSPS) is 18.1. The molecule has 3 aromatic rings. The summed E-state index contributed by atoms with van der Waals surface area (Å²) in [4.78, 5) is 4.54. The van der Waals surface area contributed by atoms with Crippen molar-refractivity contribution in [1.29, 1.82) is 0 Å². The van der Waals surface area contributed by atoms with E-state index in [0.29, 0.717) is 0 Å². The van der Waals surface area contributed by atoms with Crippen molar-refractivity contribution in [2.24, 2.45) is 0 Å². The zero-order valence-corrected chi connectivity index (χ0v) is 11.2. The molecule has 0 amide bonds. The number of nitrogens with one attached hydrogen (secondary N) is 1. The fourth-order valence-electron chi connectivity index (χ4n) is 2.81. The highest BCUT2D eigenvalue weighted by Crippen LogP contribution is 2.27. The highest BCUT2D eigenvalue weighted by molar-refractivity contribution is 5.92. The topological polar surface area (TPSA) is 55.6 Å². The first-order valence-corrected chi connectivity index (χ1v) is 6.85. The molecule has 0 bridgehead atoms. The summed E-state index contributed by atoms with van der Waals surface area (Å²) >= 11 is 0. The Morgan fingerprint density at radius 3 is 3.05 bits per heavy atom. The van der Waals surface area contributed by atoms with Gasteiger partial charge in [-0.1, -0.05) is 24.3 Å². The molecule has 3 heterocycles. The predicted molar refractivity (Wildman–Crippen MR) is 77.2 cm³/mol. The van der Waals surface area contributed by atoms with Crippen LogP contribution in [0.2, 0.25) is 0 Å². The smallest absolute Gasteiger partial charge is 0.183 e. The number of rotatable bonds is 1. The molecule has 0 saturated carbocycles. The molecule has 5 heteroatoms. The van der Waals surface area contributed by atoms with Gasteiger partial charge in [0.05, 0.1) is 6.04 Å². The Labute approximate surface area is 116 Å². The second-order valence-corrected chi connectivity index (χ2v) is 5.09. The largest absolute Gasteiger partial charge is 0.307 e. The number of nitrogens with zero attached hydrogens (tertiary/aromatic N) is 4. The van der Waals surface area contributed by atoms with Crippen molar-refractivity contribution in [3.05, 3.63) is 42.4 Å². The van der Waals surface area contributed by atoms with E-state index in [0.717, 1.165) is 35.8 Å². The van der Waals surface area contributed by atoms with E-state index in [9.17, 15) is 0 Å². The lowest BCUT2D eigenvalue weighted by atomic mass is 10.1. The third kappa shape index (κ3) is 1.63. The molecule has 4 rings (SSSR count). The van der Waals surface area contributed by atoms with Crippen LogP contribution in [0.5, 0.6) is 0 Å². The maximum atomic E-state index is 4.54. The molecule has 0 fully saturated rings. The van der Waals surface area contributed by atoms with Crippen LogP contribution in [-0.2, 0) is 6.54 Å². The SMILES string of the molecule is CC1NCCn2c(-c3nccc4ccccc34)nnc21. The number of fused-ring (bicyclic) bond motifs is 2. The number of aromatic nitrogens is 4. The van der Waals surface area contributed by atoms with Crippen LogP contribution in [-0.4, -0.2) is 26.3 Å². The van der Waals surface area contributed by atoms with Crippen molar-refractivity contribution in [2.75, 3.05) is 6.54 Å². The van der Waals surface area contributed by atoms with Crippen LogP contribution in [0.15, 0.2) is 36.5 Å². The van der Waals surface area contributed by atoms with Gasteiger partial charge in [-0.25, -0.2) is 0 Å². The molecule has 20 heavy (non-hydrogen) atoms.